The Morgan fingerprint density at radius 3 is 2.57 bits per heavy atom. The normalized spacial score (nSPS) is 17.1. The number of aromatic nitrogens is 1. The fraction of sp³-hybridized carbons (Fsp3) is 0.583. The minimum absolute atomic E-state index is 0.500. The van der Waals surface area contributed by atoms with Crippen LogP contribution in [0.15, 0.2) is 16.7 Å². The molecule has 0 unspecified atom stereocenters. The van der Waals surface area contributed by atoms with Crippen LogP contribution < -0.4 is 0 Å². The molecule has 0 radical (unpaired) electrons. The van der Waals surface area contributed by atoms with Gasteiger partial charge in [0.05, 0.1) is 5.69 Å². The second kappa shape index (κ2) is 4.01. The Labute approximate surface area is 94.1 Å². The Morgan fingerprint density at radius 2 is 2.14 bits per heavy atom. The molecule has 1 fully saturated rings. The Morgan fingerprint density at radius 1 is 1.43 bits per heavy atom. The highest BCUT2D eigenvalue weighted by Crippen LogP contribution is 2.37. The molecule has 0 aliphatic heterocycles. The maximum atomic E-state index is 4.53. The summed E-state index contributed by atoms with van der Waals surface area (Å²) in [7, 11) is 0. The number of hydrogen-bond donors (Lipinski definition) is 0. The molecule has 1 saturated carbocycles. The van der Waals surface area contributed by atoms with Crippen LogP contribution >= 0.6 is 15.9 Å². The van der Waals surface area contributed by atoms with E-state index in [1.807, 2.05) is 0 Å². The van der Waals surface area contributed by atoms with Gasteiger partial charge in [0, 0.05) is 10.7 Å². The molecule has 0 saturated heterocycles. The van der Waals surface area contributed by atoms with Gasteiger partial charge in [-0.25, -0.2) is 0 Å². The molecule has 1 aromatic rings. The molecule has 76 valence electrons. The monoisotopic (exact) mass is 253 g/mol. The van der Waals surface area contributed by atoms with Crippen LogP contribution in [0.3, 0.4) is 0 Å². The van der Waals surface area contributed by atoms with Crippen molar-refractivity contribution in [1.29, 1.82) is 0 Å². The Kier molecular flexibility index (Phi) is 2.91. The highest BCUT2D eigenvalue weighted by molar-refractivity contribution is 9.10. The summed E-state index contributed by atoms with van der Waals surface area (Å²) in [6.07, 6.45) is 6.13. The minimum atomic E-state index is 0.500. The molecule has 1 heterocycles. The summed E-state index contributed by atoms with van der Waals surface area (Å²) in [6.45, 7) is 4.35. The first-order chi connectivity index (χ1) is 6.68. The van der Waals surface area contributed by atoms with Gasteiger partial charge >= 0.3 is 0 Å². The second-order valence-electron chi connectivity index (χ2n) is 4.42. The number of nitrogens with zero attached hydrogens (tertiary/aromatic N) is 1. The van der Waals surface area contributed by atoms with Crippen molar-refractivity contribution in [3.8, 4) is 0 Å². The fourth-order valence-electron chi connectivity index (χ4n) is 1.85. The lowest BCUT2D eigenvalue weighted by molar-refractivity contribution is 0.418. The number of rotatable bonds is 2. The van der Waals surface area contributed by atoms with Gasteiger partial charge in [0.1, 0.15) is 0 Å². The number of hydrogen-bond acceptors (Lipinski definition) is 1. The lowest BCUT2D eigenvalue weighted by atomic mass is 9.80. The SMILES string of the molecule is CC(C)c1ncc(C2CCC2)cc1Br. The quantitative estimate of drug-likeness (QED) is 0.769. The fourth-order valence-corrected chi connectivity index (χ4v) is 2.68. The van der Waals surface area contributed by atoms with Gasteiger partial charge < -0.3 is 0 Å². The van der Waals surface area contributed by atoms with E-state index in [2.05, 4.69) is 47.0 Å². The van der Waals surface area contributed by atoms with Crippen LogP contribution in [0, 0.1) is 0 Å². The van der Waals surface area contributed by atoms with E-state index in [9.17, 15) is 0 Å². The van der Waals surface area contributed by atoms with Crippen LogP contribution in [-0.2, 0) is 0 Å². The zero-order valence-electron chi connectivity index (χ0n) is 8.76. The minimum Gasteiger partial charge on any atom is -0.260 e. The molecule has 0 amide bonds. The zero-order chi connectivity index (χ0) is 10.1. The molecule has 2 heteroatoms. The molecule has 14 heavy (non-hydrogen) atoms. The van der Waals surface area contributed by atoms with E-state index in [1.54, 1.807) is 0 Å². The van der Waals surface area contributed by atoms with Crippen LogP contribution in [0.1, 0.15) is 56.2 Å². The van der Waals surface area contributed by atoms with E-state index in [4.69, 9.17) is 0 Å². The predicted octanol–water partition coefficient (Wildman–Crippen LogP) is 4.24. The van der Waals surface area contributed by atoms with Crippen molar-refractivity contribution >= 4 is 15.9 Å². The zero-order valence-corrected chi connectivity index (χ0v) is 10.3. The molecule has 0 aromatic carbocycles. The smallest absolute Gasteiger partial charge is 0.0570 e. The number of pyridine rings is 1. The lowest BCUT2D eigenvalue weighted by Gasteiger charge is -2.26. The first-order valence-corrected chi connectivity index (χ1v) is 6.13. The van der Waals surface area contributed by atoms with Gasteiger partial charge in [-0.05, 0) is 52.2 Å². The molecule has 0 spiro atoms. The molecule has 0 bridgehead atoms. The van der Waals surface area contributed by atoms with Crippen LogP contribution in [0.4, 0.5) is 0 Å². The van der Waals surface area contributed by atoms with Crippen molar-refractivity contribution in [2.75, 3.05) is 0 Å². The van der Waals surface area contributed by atoms with E-state index in [0.717, 1.165) is 5.92 Å². The highest BCUT2D eigenvalue weighted by atomic mass is 79.9. The molecule has 1 nitrogen and oxygen atoms in total. The maximum absolute atomic E-state index is 4.53. The summed E-state index contributed by atoms with van der Waals surface area (Å²) < 4.78 is 1.18. The Hall–Kier alpha value is -0.370. The van der Waals surface area contributed by atoms with E-state index >= 15 is 0 Å². The average molecular weight is 254 g/mol. The van der Waals surface area contributed by atoms with Crippen molar-refractivity contribution in [2.45, 2.75) is 44.9 Å². The summed E-state index contributed by atoms with van der Waals surface area (Å²) in [5, 5.41) is 0. The third-order valence-corrected chi connectivity index (χ3v) is 3.65. The third-order valence-electron chi connectivity index (χ3n) is 3.01. The van der Waals surface area contributed by atoms with E-state index in [0.29, 0.717) is 5.92 Å². The average Bonchev–Trinajstić information content (AvgIpc) is 2.00. The van der Waals surface area contributed by atoms with Gasteiger partial charge in [0.2, 0.25) is 0 Å². The predicted molar refractivity (Wildman–Crippen MR) is 62.6 cm³/mol. The maximum Gasteiger partial charge on any atom is 0.0570 e. The summed E-state index contributed by atoms with van der Waals surface area (Å²) in [6, 6.07) is 2.26. The van der Waals surface area contributed by atoms with Crippen molar-refractivity contribution in [2.24, 2.45) is 0 Å². The molecule has 2 rings (SSSR count). The van der Waals surface area contributed by atoms with E-state index < -0.39 is 0 Å². The Balaban J connectivity index is 2.25. The summed E-state index contributed by atoms with van der Waals surface area (Å²) >= 11 is 3.61. The summed E-state index contributed by atoms with van der Waals surface area (Å²) in [5.41, 5.74) is 2.58. The van der Waals surface area contributed by atoms with Crippen molar-refractivity contribution < 1.29 is 0 Å². The van der Waals surface area contributed by atoms with Gasteiger partial charge in [-0.1, -0.05) is 20.3 Å². The van der Waals surface area contributed by atoms with E-state index in [-0.39, 0.29) is 0 Å². The molecule has 1 aliphatic carbocycles. The number of halogens is 1. The Bertz CT molecular complexity index is 329. The van der Waals surface area contributed by atoms with Crippen LogP contribution in [-0.4, -0.2) is 4.98 Å². The van der Waals surface area contributed by atoms with Crippen molar-refractivity contribution in [3.63, 3.8) is 0 Å². The molecular weight excluding hydrogens is 238 g/mol. The van der Waals surface area contributed by atoms with Crippen molar-refractivity contribution in [1.82, 2.24) is 4.98 Å². The van der Waals surface area contributed by atoms with E-state index in [1.165, 1.54) is 35.0 Å². The first kappa shape index (κ1) is 10.2. The third kappa shape index (κ3) is 1.85. The van der Waals surface area contributed by atoms with Gasteiger partial charge in [-0.15, -0.1) is 0 Å². The van der Waals surface area contributed by atoms with Gasteiger partial charge in [0.15, 0.2) is 0 Å². The highest BCUT2D eigenvalue weighted by Gasteiger charge is 2.20. The molecule has 0 atom stereocenters. The van der Waals surface area contributed by atoms with Gasteiger partial charge in [-0.2, -0.15) is 0 Å². The standard InChI is InChI=1S/C12H16BrN/c1-8(2)12-11(13)6-10(7-14-12)9-4-3-5-9/h6-9H,3-5H2,1-2H3. The summed E-state index contributed by atoms with van der Waals surface area (Å²) in [5.74, 6) is 1.28. The van der Waals surface area contributed by atoms with Crippen LogP contribution in [0.2, 0.25) is 0 Å². The molecular formula is C12H16BrN. The van der Waals surface area contributed by atoms with Gasteiger partial charge in [-0.3, -0.25) is 4.98 Å². The largest absolute Gasteiger partial charge is 0.260 e. The molecule has 1 aliphatic rings. The van der Waals surface area contributed by atoms with Crippen LogP contribution in [0.5, 0.6) is 0 Å². The van der Waals surface area contributed by atoms with Crippen molar-refractivity contribution in [3.05, 3.63) is 28.0 Å². The molecule has 1 aromatic heterocycles. The topological polar surface area (TPSA) is 12.9 Å². The lowest BCUT2D eigenvalue weighted by Crippen LogP contribution is -2.09. The van der Waals surface area contributed by atoms with Gasteiger partial charge in [0.25, 0.3) is 0 Å². The molecule has 0 N–H and O–H groups in total. The first-order valence-electron chi connectivity index (χ1n) is 5.34. The summed E-state index contributed by atoms with van der Waals surface area (Å²) in [4.78, 5) is 4.53. The second-order valence-corrected chi connectivity index (χ2v) is 5.27. The van der Waals surface area contributed by atoms with Crippen LogP contribution in [0.25, 0.3) is 0 Å².